The number of nitrogens with two attached hydrogens (primary N) is 1. The number of rotatable bonds is 3. The van der Waals surface area contributed by atoms with E-state index in [0.717, 1.165) is 36.2 Å². The molecule has 1 aromatic heterocycles. The Balaban J connectivity index is 1.57. The maximum Gasteiger partial charge on any atom is 0.126 e. The predicted octanol–water partition coefficient (Wildman–Crippen LogP) is 4.62. The Kier molecular flexibility index (Phi) is 4.22. The highest BCUT2D eigenvalue weighted by atomic mass is 19.1. The molecule has 0 amide bonds. The number of hydrogen-bond acceptors (Lipinski definition) is 3. The van der Waals surface area contributed by atoms with Crippen LogP contribution >= 0.6 is 0 Å². The van der Waals surface area contributed by atoms with Crippen molar-refractivity contribution in [2.45, 2.75) is 39.7 Å². The SMILES string of the molecule is Cc1ccc(-c2cncc(CN3CC4(CC4)C(C)C/C3=C/N)c2)cc1F. The van der Waals surface area contributed by atoms with Crippen molar-refractivity contribution in [1.29, 1.82) is 0 Å². The number of piperidine rings is 1. The van der Waals surface area contributed by atoms with E-state index in [-0.39, 0.29) is 5.82 Å². The van der Waals surface area contributed by atoms with E-state index in [4.69, 9.17) is 5.73 Å². The number of hydrogen-bond donors (Lipinski definition) is 1. The molecular formula is C22H26FN3. The van der Waals surface area contributed by atoms with Crippen molar-refractivity contribution in [3.8, 4) is 11.1 Å². The van der Waals surface area contributed by atoms with Gasteiger partial charge in [0.15, 0.2) is 0 Å². The topological polar surface area (TPSA) is 42.2 Å². The summed E-state index contributed by atoms with van der Waals surface area (Å²) in [5.74, 6) is 0.524. The predicted molar refractivity (Wildman–Crippen MR) is 102 cm³/mol. The van der Waals surface area contributed by atoms with Crippen molar-refractivity contribution in [3.05, 3.63) is 65.5 Å². The number of aryl methyl sites for hydroxylation is 1. The molecule has 1 aliphatic heterocycles. The van der Waals surface area contributed by atoms with Gasteiger partial charge in [-0.15, -0.1) is 0 Å². The molecule has 1 aliphatic carbocycles. The third-order valence-electron chi connectivity index (χ3n) is 6.23. The van der Waals surface area contributed by atoms with Crippen LogP contribution in [0, 0.1) is 24.1 Å². The zero-order valence-corrected chi connectivity index (χ0v) is 15.5. The Bertz CT molecular complexity index is 854. The fraction of sp³-hybridized carbons (Fsp3) is 0.409. The van der Waals surface area contributed by atoms with Gasteiger partial charge in [0.25, 0.3) is 0 Å². The first-order valence-electron chi connectivity index (χ1n) is 9.37. The van der Waals surface area contributed by atoms with Crippen molar-refractivity contribution >= 4 is 0 Å². The monoisotopic (exact) mass is 351 g/mol. The summed E-state index contributed by atoms with van der Waals surface area (Å²) in [5, 5.41) is 0. The second kappa shape index (κ2) is 6.42. The smallest absolute Gasteiger partial charge is 0.126 e. The van der Waals surface area contributed by atoms with Gasteiger partial charge in [0.05, 0.1) is 0 Å². The molecule has 0 bridgehead atoms. The van der Waals surface area contributed by atoms with Gasteiger partial charge in [0, 0.05) is 42.9 Å². The van der Waals surface area contributed by atoms with E-state index in [1.54, 1.807) is 25.4 Å². The Morgan fingerprint density at radius 3 is 2.77 bits per heavy atom. The molecule has 2 fully saturated rings. The first kappa shape index (κ1) is 17.1. The molecule has 1 atom stereocenters. The van der Waals surface area contributed by atoms with Gasteiger partial charge in [0.2, 0.25) is 0 Å². The lowest BCUT2D eigenvalue weighted by Crippen LogP contribution is -2.39. The van der Waals surface area contributed by atoms with Crippen LogP contribution in [0.3, 0.4) is 0 Å². The minimum atomic E-state index is -0.179. The van der Waals surface area contributed by atoms with Crippen molar-refractivity contribution in [2.24, 2.45) is 17.1 Å². The van der Waals surface area contributed by atoms with Crippen LogP contribution in [0.1, 0.15) is 37.3 Å². The van der Waals surface area contributed by atoms with Gasteiger partial charge in [-0.05, 0) is 66.3 Å². The highest BCUT2D eigenvalue weighted by Gasteiger charge is 2.51. The van der Waals surface area contributed by atoms with Crippen LogP contribution in [0.25, 0.3) is 11.1 Å². The molecular weight excluding hydrogens is 325 g/mol. The highest BCUT2D eigenvalue weighted by molar-refractivity contribution is 5.63. The van der Waals surface area contributed by atoms with Crippen LogP contribution < -0.4 is 5.73 Å². The van der Waals surface area contributed by atoms with E-state index in [0.29, 0.717) is 16.9 Å². The van der Waals surface area contributed by atoms with Gasteiger partial charge < -0.3 is 10.6 Å². The van der Waals surface area contributed by atoms with Crippen LogP contribution in [0.15, 0.2) is 48.6 Å². The summed E-state index contributed by atoms with van der Waals surface area (Å²) in [5.41, 5.74) is 11.2. The molecule has 2 N–H and O–H groups in total. The molecule has 2 heterocycles. The lowest BCUT2D eigenvalue weighted by Gasteiger charge is -2.40. The zero-order valence-electron chi connectivity index (χ0n) is 15.5. The Morgan fingerprint density at radius 1 is 1.27 bits per heavy atom. The lowest BCUT2D eigenvalue weighted by atomic mass is 9.82. The van der Waals surface area contributed by atoms with Crippen molar-refractivity contribution < 1.29 is 4.39 Å². The molecule has 1 saturated carbocycles. The van der Waals surface area contributed by atoms with E-state index in [1.807, 2.05) is 18.3 Å². The summed E-state index contributed by atoms with van der Waals surface area (Å²) in [7, 11) is 0. The van der Waals surface area contributed by atoms with Gasteiger partial charge in [-0.3, -0.25) is 4.98 Å². The molecule has 26 heavy (non-hydrogen) atoms. The standard InChI is InChI=1S/C22H26FN3/c1-15-3-4-18(9-21(15)23)19-8-17(11-25-12-19)13-26-14-22(5-6-22)16(2)7-20(26)10-24/h3-4,8-12,16H,5-7,13-14,24H2,1-2H3/b20-10-. The molecule has 4 heteroatoms. The van der Waals surface area contributed by atoms with Gasteiger partial charge in [-0.2, -0.15) is 0 Å². The zero-order chi connectivity index (χ0) is 18.3. The van der Waals surface area contributed by atoms with Crippen LogP contribution in [0.2, 0.25) is 0 Å². The van der Waals surface area contributed by atoms with Crippen LogP contribution in [0.5, 0.6) is 0 Å². The minimum Gasteiger partial charge on any atom is -0.403 e. The largest absolute Gasteiger partial charge is 0.403 e. The normalized spacial score (nSPS) is 22.8. The minimum absolute atomic E-state index is 0.179. The summed E-state index contributed by atoms with van der Waals surface area (Å²) in [6.45, 7) is 5.99. The third kappa shape index (κ3) is 3.09. The number of aromatic nitrogens is 1. The summed E-state index contributed by atoms with van der Waals surface area (Å²) in [6.07, 6.45) is 9.16. The molecule has 2 aliphatic rings. The molecule has 1 spiro atoms. The Hall–Kier alpha value is -2.36. The average Bonchev–Trinajstić information content (AvgIpc) is 3.41. The Morgan fingerprint density at radius 2 is 2.08 bits per heavy atom. The van der Waals surface area contributed by atoms with E-state index >= 15 is 0 Å². The molecule has 136 valence electrons. The molecule has 4 rings (SSSR count). The fourth-order valence-corrected chi connectivity index (χ4v) is 4.16. The fourth-order valence-electron chi connectivity index (χ4n) is 4.16. The summed E-state index contributed by atoms with van der Waals surface area (Å²) in [6, 6.07) is 7.47. The maximum absolute atomic E-state index is 13.9. The van der Waals surface area contributed by atoms with E-state index in [9.17, 15) is 4.39 Å². The quantitative estimate of drug-likeness (QED) is 0.877. The van der Waals surface area contributed by atoms with Crippen LogP contribution in [-0.4, -0.2) is 16.4 Å². The highest BCUT2D eigenvalue weighted by Crippen LogP contribution is 2.57. The molecule has 2 aromatic rings. The van der Waals surface area contributed by atoms with Crippen molar-refractivity contribution in [3.63, 3.8) is 0 Å². The van der Waals surface area contributed by atoms with Crippen LogP contribution in [-0.2, 0) is 6.54 Å². The third-order valence-corrected chi connectivity index (χ3v) is 6.23. The lowest BCUT2D eigenvalue weighted by molar-refractivity contribution is 0.149. The van der Waals surface area contributed by atoms with Crippen molar-refractivity contribution in [1.82, 2.24) is 9.88 Å². The number of pyridine rings is 1. The second-order valence-corrected chi connectivity index (χ2v) is 8.03. The first-order chi connectivity index (χ1) is 12.5. The van der Waals surface area contributed by atoms with Gasteiger partial charge in [-0.1, -0.05) is 19.1 Å². The summed E-state index contributed by atoms with van der Waals surface area (Å²) in [4.78, 5) is 6.80. The Labute approximate surface area is 154 Å². The molecule has 3 nitrogen and oxygen atoms in total. The summed E-state index contributed by atoms with van der Waals surface area (Å²) >= 11 is 0. The second-order valence-electron chi connectivity index (χ2n) is 8.03. The van der Waals surface area contributed by atoms with E-state index in [1.165, 1.54) is 18.5 Å². The first-order valence-corrected chi connectivity index (χ1v) is 9.37. The average molecular weight is 351 g/mol. The number of allylic oxidation sites excluding steroid dienone is 1. The van der Waals surface area contributed by atoms with Gasteiger partial charge in [-0.25, -0.2) is 4.39 Å². The number of halogens is 1. The summed E-state index contributed by atoms with van der Waals surface area (Å²) < 4.78 is 13.9. The number of likely N-dealkylation sites (tertiary alicyclic amines) is 1. The molecule has 1 unspecified atom stereocenters. The van der Waals surface area contributed by atoms with Gasteiger partial charge in [0.1, 0.15) is 5.82 Å². The van der Waals surface area contributed by atoms with Crippen LogP contribution in [0.4, 0.5) is 4.39 Å². The molecule has 0 radical (unpaired) electrons. The molecule has 1 saturated heterocycles. The van der Waals surface area contributed by atoms with E-state index in [2.05, 4.69) is 22.9 Å². The maximum atomic E-state index is 13.9. The van der Waals surface area contributed by atoms with E-state index < -0.39 is 0 Å². The van der Waals surface area contributed by atoms with Gasteiger partial charge >= 0.3 is 0 Å². The molecule has 1 aromatic carbocycles. The van der Waals surface area contributed by atoms with Crippen molar-refractivity contribution in [2.75, 3.05) is 6.54 Å². The number of benzene rings is 1. The number of nitrogens with zero attached hydrogens (tertiary/aromatic N) is 2.